The van der Waals surface area contributed by atoms with Crippen LogP contribution in [0.4, 0.5) is 0 Å². The molecule has 0 N–H and O–H groups in total. The number of hydrogen-bond acceptors (Lipinski definition) is 4. The van der Waals surface area contributed by atoms with Gasteiger partial charge in [0.1, 0.15) is 0 Å². The van der Waals surface area contributed by atoms with Gasteiger partial charge in [0.25, 0.3) is 0 Å². The zero-order valence-electron chi connectivity index (χ0n) is 16.2. The minimum atomic E-state index is -0.142. The molecule has 0 atom stereocenters. The fourth-order valence-electron chi connectivity index (χ4n) is 4.20. The van der Waals surface area contributed by atoms with Crippen molar-refractivity contribution in [2.24, 2.45) is 0 Å². The van der Waals surface area contributed by atoms with Crippen molar-refractivity contribution < 1.29 is 9.53 Å². The highest BCUT2D eigenvalue weighted by atomic mass is 32.1. The van der Waals surface area contributed by atoms with Crippen LogP contribution in [0.5, 0.6) is 0 Å². The van der Waals surface area contributed by atoms with Crippen LogP contribution in [0.15, 0.2) is 35.2 Å². The first-order chi connectivity index (χ1) is 13.2. The number of rotatable bonds is 3. The first-order valence-corrected chi connectivity index (χ1v) is 10.8. The Balaban J connectivity index is 1.79. The van der Waals surface area contributed by atoms with E-state index in [0.29, 0.717) is 13.0 Å². The van der Waals surface area contributed by atoms with E-state index in [9.17, 15) is 4.79 Å². The number of hydrogen-bond donors (Lipinski definition) is 0. The summed E-state index contributed by atoms with van der Waals surface area (Å²) in [6.45, 7) is 4.54. The van der Waals surface area contributed by atoms with Crippen LogP contribution in [-0.2, 0) is 28.8 Å². The highest BCUT2D eigenvalue weighted by Gasteiger charge is 2.24. The molecule has 1 aromatic heterocycles. The predicted octanol–water partition coefficient (Wildman–Crippen LogP) is 4.48. The van der Waals surface area contributed by atoms with Gasteiger partial charge < -0.3 is 9.64 Å². The van der Waals surface area contributed by atoms with E-state index in [-0.39, 0.29) is 5.97 Å². The van der Waals surface area contributed by atoms with E-state index in [1.54, 1.807) is 5.57 Å². The molecule has 1 saturated heterocycles. The SMILES string of the molecule is CCOC(=O)Cc1ccc2c(c1)C(=C1CCN(C)CC1)c1sccc1CC2. The summed E-state index contributed by atoms with van der Waals surface area (Å²) in [4.78, 5) is 15.8. The summed E-state index contributed by atoms with van der Waals surface area (Å²) in [5, 5.41) is 2.23. The number of benzene rings is 1. The van der Waals surface area contributed by atoms with Crippen LogP contribution in [0.3, 0.4) is 0 Å². The maximum absolute atomic E-state index is 12.0. The lowest BCUT2D eigenvalue weighted by Crippen LogP contribution is -2.27. The summed E-state index contributed by atoms with van der Waals surface area (Å²) in [7, 11) is 2.20. The number of thiophene rings is 1. The average molecular weight is 382 g/mol. The van der Waals surface area contributed by atoms with Gasteiger partial charge in [-0.05, 0) is 78.9 Å². The van der Waals surface area contributed by atoms with E-state index in [2.05, 4.69) is 41.6 Å². The Morgan fingerprint density at radius 1 is 1.11 bits per heavy atom. The molecular formula is C23H27NO2S. The molecule has 3 nitrogen and oxygen atoms in total. The second kappa shape index (κ2) is 7.99. The molecule has 0 bridgehead atoms. The molecule has 142 valence electrons. The van der Waals surface area contributed by atoms with Crippen molar-refractivity contribution in [1.82, 2.24) is 4.90 Å². The standard InChI is InChI=1S/C23H27NO2S/c1-3-26-21(25)15-16-4-5-17-6-7-19-10-13-27-23(19)22(20(17)14-16)18-8-11-24(2)12-9-18/h4-5,10,13-14H,3,6-9,11-12,15H2,1-2H3. The van der Waals surface area contributed by atoms with Crippen LogP contribution < -0.4 is 0 Å². The summed E-state index contributed by atoms with van der Waals surface area (Å²) < 4.78 is 5.16. The fourth-order valence-corrected chi connectivity index (χ4v) is 5.26. The zero-order chi connectivity index (χ0) is 18.8. The number of ether oxygens (including phenoxy) is 1. The Morgan fingerprint density at radius 2 is 1.89 bits per heavy atom. The number of likely N-dealkylation sites (tertiary alicyclic amines) is 1. The Kier molecular flexibility index (Phi) is 5.46. The van der Waals surface area contributed by atoms with Crippen molar-refractivity contribution >= 4 is 22.9 Å². The van der Waals surface area contributed by atoms with Gasteiger partial charge in [0, 0.05) is 18.0 Å². The van der Waals surface area contributed by atoms with Crippen LogP contribution in [0.2, 0.25) is 0 Å². The molecule has 0 spiro atoms. The predicted molar refractivity (Wildman–Crippen MR) is 111 cm³/mol. The lowest BCUT2D eigenvalue weighted by molar-refractivity contribution is -0.142. The number of aryl methyl sites for hydroxylation is 2. The number of carbonyl (C=O) groups is 1. The lowest BCUT2D eigenvalue weighted by atomic mass is 9.88. The van der Waals surface area contributed by atoms with Crippen molar-refractivity contribution in [3.63, 3.8) is 0 Å². The molecular weight excluding hydrogens is 354 g/mol. The second-order valence-corrected chi connectivity index (χ2v) is 8.45. The first kappa shape index (κ1) is 18.5. The van der Waals surface area contributed by atoms with Crippen molar-refractivity contribution in [2.75, 3.05) is 26.7 Å². The maximum Gasteiger partial charge on any atom is 0.310 e. The Labute approximate surface area is 165 Å². The van der Waals surface area contributed by atoms with Gasteiger partial charge in [-0.3, -0.25) is 4.79 Å². The minimum absolute atomic E-state index is 0.142. The van der Waals surface area contributed by atoms with Gasteiger partial charge in [0.2, 0.25) is 0 Å². The van der Waals surface area contributed by atoms with Gasteiger partial charge in [-0.2, -0.15) is 0 Å². The van der Waals surface area contributed by atoms with Crippen LogP contribution in [0.25, 0.3) is 5.57 Å². The Morgan fingerprint density at radius 3 is 2.67 bits per heavy atom. The molecule has 2 aromatic rings. The summed E-state index contributed by atoms with van der Waals surface area (Å²) in [6.07, 6.45) is 4.77. The Hall–Kier alpha value is -1.91. The van der Waals surface area contributed by atoms with Crippen LogP contribution in [-0.4, -0.2) is 37.6 Å². The third kappa shape index (κ3) is 3.87. The quantitative estimate of drug-likeness (QED) is 0.734. The zero-order valence-corrected chi connectivity index (χ0v) is 17.0. The van der Waals surface area contributed by atoms with Crippen LogP contribution in [0, 0.1) is 0 Å². The molecule has 1 aliphatic carbocycles. The molecule has 27 heavy (non-hydrogen) atoms. The molecule has 2 heterocycles. The molecule has 1 aliphatic heterocycles. The van der Waals surface area contributed by atoms with Crippen molar-refractivity contribution in [2.45, 2.75) is 39.0 Å². The van der Waals surface area contributed by atoms with Crippen LogP contribution >= 0.6 is 11.3 Å². The third-order valence-corrected chi connectivity index (χ3v) is 6.65. The molecule has 0 radical (unpaired) electrons. The van der Waals surface area contributed by atoms with Gasteiger partial charge in [0.15, 0.2) is 0 Å². The van der Waals surface area contributed by atoms with E-state index >= 15 is 0 Å². The monoisotopic (exact) mass is 381 g/mol. The van der Waals surface area contributed by atoms with E-state index < -0.39 is 0 Å². The number of piperidine rings is 1. The van der Waals surface area contributed by atoms with Crippen molar-refractivity contribution in [3.8, 4) is 0 Å². The second-order valence-electron chi connectivity index (χ2n) is 7.53. The van der Waals surface area contributed by atoms with Gasteiger partial charge in [-0.15, -0.1) is 11.3 Å². The first-order valence-electron chi connectivity index (χ1n) is 9.90. The summed E-state index contributed by atoms with van der Waals surface area (Å²) in [6, 6.07) is 8.88. The van der Waals surface area contributed by atoms with E-state index in [4.69, 9.17) is 4.74 Å². The van der Waals surface area contributed by atoms with E-state index in [1.165, 1.54) is 27.1 Å². The molecule has 4 rings (SSSR count). The van der Waals surface area contributed by atoms with Gasteiger partial charge in [-0.25, -0.2) is 0 Å². The van der Waals surface area contributed by atoms with Gasteiger partial charge >= 0.3 is 5.97 Å². The number of carbonyl (C=O) groups excluding carboxylic acids is 1. The lowest BCUT2D eigenvalue weighted by Gasteiger charge is -2.27. The molecule has 2 aliphatic rings. The summed E-state index contributed by atoms with van der Waals surface area (Å²) in [5.74, 6) is -0.142. The molecule has 0 amide bonds. The number of fused-ring (bicyclic) bond motifs is 2. The molecule has 0 unspecified atom stereocenters. The molecule has 1 aromatic carbocycles. The third-order valence-electron chi connectivity index (χ3n) is 5.68. The van der Waals surface area contributed by atoms with E-state index in [1.807, 2.05) is 18.3 Å². The van der Waals surface area contributed by atoms with Gasteiger partial charge in [-0.1, -0.05) is 23.8 Å². The van der Waals surface area contributed by atoms with Crippen molar-refractivity contribution in [3.05, 3.63) is 62.3 Å². The highest BCUT2D eigenvalue weighted by molar-refractivity contribution is 7.11. The number of esters is 1. The summed E-state index contributed by atoms with van der Waals surface area (Å²) in [5.41, 5.74) is 8.31. The smallest absolute Gasteiger partial charge is 0.310 e. The normalized spacial score (nSPS) is 17.3. The highest BCUT2D eigenvalue weighted by Crippen LogP contribution is 2.41. The molecule has 0 saturated carbocycles. The Bertz CT molecular complexity index is 870. The molecule has 4 heteroatoms. The van der Waals surface area contributed by atoms with Gasteiger partial charge in [0.05, 0.1) is 13.0 Å². The topological polar surface area (TPSA) is 29.5 Å². The maximum atomic E-state index is 12.0. The molecule has 1 fully saturated rings. The number of nitrogens with zero attached hydrogens (tertiary/aromatic N) is 1. The average Bonchev–Trinajstić information content (AvgIpc) is 3.05. The largest absolute Gasteiger partial charge is 0.466 e. The fraction of sp³-hybridized carbons (Fsp3) is 0.435. The van der Waals surface area contributed by atoms with E-state index in [0.717, 1.165) is 44.3 Å². The van der Waals surface area contributed by atoms with Crippen molar-refractivity contribution in [1.29, 1.82) is 0 Å². The minimum Gasteiger partial charge on any atom is -0.466 e. The summed E-state index contributed by atoms with van der Waals surface area (Å²) >= 11 is 1.87. The van der Waals surface area contributed by atoms with Crippen LogP contribution in [0.1, 0.15) is 46.9 Å².